The van der Waals surface area contributed by atoms with E-state index in [1.54, 1.807) is 6.20 Å². The highest BCUT2D eigenvalue weighted by molar-refractivity contribution is 5.68. The second kappa shape index (κ2) is 7.43. The molecule has 1 aromatic heterocycles. The number of nitrogens with zero attached hydrogens (tertiary/aromatic N) is 2. The summed E-state index contributed by atoms with van der Waals surface area (Å²) in [4.78, 5) is 17.3. The van der Waals surface area contributed by atoms with E-state index in [-0.39, 0.29) is 6.42 Å². The average molecular weight is 284 g/mol. The lowest BCUT2D eigenvalue weighted by Gasteiger charge is -2.25. The van der Waals surface area contributed by atoms with Gasteiger partial charge < -0.3 is 10.0 Å². The van der Waals surface area contributed by atoms with Crippen molar-refractivity contribution in [2.45, 2.75) is 19.8 Å². The van der Waals surface area contributed by atoms with E-state index < -0.39 is 5.97 Å². The first-order chi connectivity index (χ1) is 10.2. The molecule has 0 bridgehead atoms. The van der Waals surface area contributed by atoms with Crippen molar-refractivity contribution in [3.8, 4) is 0 Å². The van der Waals surface area contributed by atoms with Crippen molar-refractivity contribution in [2.24, 2.45) is 0 Å². The Kier molecular flexibility index (Phi) is 5.32. The van der Waals surface area contributed by atoms with Crippen molar-refractivity contribution in [2.75, 3.05) is 18.0 Å². The van der Waals surface area contributed by atoms with Crippen LogP contribution in [0.1, 0.15) is 17.7 Å². The van der Waals surface area contributed by atoms with Crippen LogP contribution in [0.3, 0.4) is 0 Å². The Hall–Kier alpha value is -2.36. The normalized spacial score (nSPS) is 10.3. The van der Waals surface area contributed by atoms with Crippen LogP contribution >= 0.6 is 0 Å². The number of aryl methyl sites for hydroxylation is 1. The molecule has 0 fully saturated rings. The molecule has 0 aliphatic heterocycles. The van der Waals surface area contributed by atoms with Gasteiger partial charge in [0.25, 0.3) is 0 Å². The number of carboxylic acid groups (broad SMARTS) is 1. The minimum Gasteiger partial charge on any atom is -0.481 e. The maximum Gasteiger partial charge on any atom is 0.305 e. The fraction of sp³-hybridized carbons (Fsp3) is 0.294. The highest BCUT2D eigenvalue weighted by atomic mass is 16.4. The van der Waals surface area contributed by atoms with Gasteiger partial charge >= 0.3 is 5.97 Å². The van der Waals surface area contributed by atoms with Crippen LogP contribution in [-0.2, 0) is 11.2 Å². The molecule has 0 aliphatic rings. The van der Waals surface area contributed by atoms with E-state index in [1.165, 1.54) is 0 Å². The van der Waals surface area contributed by atoms with Gasteiger partial charge in [0, 0.05) is 37.1 Å². The van der Waals surface area contributed by atoms with E-state index in [9.17, 15) is 4.79 Å². The highest BCUT2D eigenvalue weighted by Gasteiger charge is 2.11. The predicted octanol–water partition coefficient (Wildman–Crippen LogP) is 2.91. The topological polar surface area (TPSA) is 53.4 Å². The number of rotatable bonds is 7. The molecule has 1 aromatic carbocycles. The van der Waals surface area contributed by atoms with Gasteiger partial charge in [-0.05, 0) is 30.7 Å². The molecule has 110 valence electrons. The molecule has 2 rings (SSSR count). The minimum absolute atomic E-state index is 0.135. The fourth-order valence-corrected chi connectivity index (χ4v) is 2.30. The molecular weight excluding hydrogens is 264 g/mol. The summed E-state index contributed by atoms with van der Waals surface area (Å²) in [6.07, 6.45) is 2.72. The van der Waals surface area contributed by atoms with Crippen LogP contribution < -0.4 is 4.90 Å². The Morgan fingerprint density at radius 3 is 2.57 bits per heavy atom. The molecule has 0 radical (unpaired) electrons. The van der Waals surface area contributed by atoms with Gasteiger partial charge in [0.15, 0.2) is 0 Å². The Morgan fingerprint density at radius 1 is 1.14 bits per heavy atom. The van der Waals surface area contributed by atoms with E-state index in [4.69, 9.17) is 5.11 Å². The quantitative estimate of drug-likeness (QED) is 0.849. The van der Waals surface area contributed by atoms with Crippen LogP contribution in [0.25, 0.3) is 0 Å². The lowest BCUT2D eigenvalue weighted by molar-refractivity contribution is -0.136. The number of aliphatic carboxylic acids is 1. The largest absolute Gasteiger partial charge is 0.481 e. The van der Waals surface area contributed by atoms with Gasteiger partial charge in [-0.25, -0.2) is 0 Å². The van der Waals surface area contributed by atoms with Crippen LogP contribution in [-0.4, -0.2) is 29.1 Å². The van der Waals surface area contributed by atoms with Gasteiger partial charge in [0.05, 0.1) is 6.42 Å². The Balaban J connectivity index is 2.09. The number of pyridine rings is 1. The summed E-state index contributed by atoms with van der Waals surface area (Å²) >= 11 is 0. The molecule has 4 heteroatoms. The second-order valence-corrected chi connectivity index (χ2v) is 4.99. The first-order valence-electron chi connectivity index (χ1n) is 7.09. The smallest absolute Gasteiger partial charge is 0.305 e. The van der Waals surface area contributed by atoms with Crippen LogP contribution in [0.15, 0.2) is 48.7 Å². The highest BCUT2D eigenvalue weighted by Crippen LogP contribution is 2.20. The molecule has 0 saturated carbocycles. The van der Waals surface area contributed by atoms with E-state index in [1.807, 2.05) is 49.4 Å². The van der Waals surface area contributed by atoms with Crippen LogP contribution in [0.5, 0.6) is 0 Å². The third kappa shape index (κ3) is 4.60. The lowest BCUT2D eigenvalue weighted by Crippen LogP contribution is -2.29. The summed E-state index contributed by atoms with van der Waals surface area (Å²) in [5.74, 6) is -0.772. The molecule has 0 unspecified atom stereocenters. The van der Waals surface area contributed by atoms with Gasteiger partial charge in [-0.15, -0.1) is 0 Å². The first kappa shape index (κ1) is 15.0. The standard InChI is InChI=1S/C17H20N2O2/c1-14-6-2-3-8-16(14)19(13-10-17(20)21)12-9-15-7-4-5-11-18-15/h2-8,11H,9-10,12-13H2,1H3,(H,20,21). The van der Waals surface area contributed by atoms with Gasteiger partial charge in [-0.2, -0.15) is 0 Å². The van der Waals surface area contributed by atoms with Crippen LogP contribution in [0.2, 0.25) is 0 Å². The average Bonchev–Trinajstić information content (AvgIpc) is 2.49. The summed E-state index contributed by atoms with van der Waals surface area (Å²) < 4.78 is 0. The summed E-state index contributed by atoms with van der Waals surface area (Å²) in [7, 11) is 0. The summed E-state index contributed by atoms with van der Waals surface area (Å²) in [5.41, 5.74) is 3.27. The van der Waals surface area contributed by atoms with E-state index in [0.717, 1.165) is 29.9 Å². The van der Waals surface area contributed by atoms with Crippen molar-refractivity contribution < 1.29 is 9.90 Å². The molecule has 0 aliphatic carbocycles. The number of anilines is 1. The second-order valence-electron chi connectivity index (χ2n) is 4.99. The molecule has 0 spiro atoms. The van der Waals surface area contributed by atoms with Gasteiger partial charge in [-0.3, -0.25) is 9.78 Å². The van der Waals surface area contributed by atoms with E-state index >= 15 is 0 Å². The third-order valence-corrected chi connectivity index (χ3v) is 3.42. The number of carbonyl (C=O) groups is 1. The summed E-state index contributed by atoms with van der Waals surface area (Å²) in [5, 5.41) is 8.92. The fourth-order valence-electron chi connectivity index (χ4n) is 2.30. The van der Waals surface area contributed by atoms with Crippen molar-refractivity contribution >= 4 is 11.7 Å². The zero-order chi connectivity index (χ0) is 15.1. The van der Waals surface area contributed by atoms with Crippen molar-refractivity contribution in [1.82, 2.24) is 4.98 Å². The molecule has 1 heterocycles. The molecule has 21 heavy (non-hydrogen) atoms. The number of para-hydroxylation sites is 1. The van der Waals surface area contributed by atoms with E-state index in [2.05, 4.69) is 9.88 Å². The predicted molar refractivity (Wildman–Crippen MR) is 83.6 cm³/mol. The first-order valence-corrected chi connectivity index (χ1v) is 7.09. The van der Waals surface area contributed by atoms with Crippen LogP contribution in [0.4, 0.5) is 5.69 Å². The van der Waals surface area contributed by atoms with Crippen molar-refractivity contribution in [3.05, 3.63) is 59.9 Å². The number of carboxylic acids is 1. The molecule has 0 amide bonds. The maximum atomic E-state index is 10.9. The minimum atomic E-state index is -0.772. The van der Waals surface area contributed by atoms with Crippen molar-refractivity contribution in [1.29, 1.82) is 0 Å². The molecule has 0 atom stereocenters. The summed E-state index contributed by atoms with van der Waals surface area (Å²) in [6, 6.07) is 13.9. The number of hydrogen-bond acceptors (Lipinski definition) is 3. The zero-order valence-electron chi connectivity index (χ0n) is 12.2. The molecular formula is C17H20N2O2. The van der Waals surface area contributed by atoms with Gasteiger partial charge in [0.1, 0.15) is 0 Å². The van der Waals surface area contributed by atoms with E-state index in [0.29, 0.717) is 6.54 Å². The monoisotopic (exact) mass is 284 g/mol. The lowest BCUT2D eigenvalue weighted by atomic mass is 10.1. The van der Waals surface area contributed by atoms with Crippen molar-refractivity contribution in [3.63, 3.8) is 0 Å². The SMILES string of the molecule is Cc1ccccc1N(CCC(=O)O)CCc1ccccn1. The molecule has 4 nitrogen and oxygen atoms in total. The molecule has 0 saturated heterocycles. The maximum absolute atomic E-state index is 10.9. The van der Waals surface area contributed by atoms with Gasteiger partial charge in [0.2, 0.25) is 0 Å². The Labute approximate surface area is 125 Å². The number of aromatic nitrogens is 1. The number of benzene rings is 1. The number of hydrogen-bond donors (Lipinski definition) is 1. The van der Waals surface area contributed by atoms with Crippen LogP contribution in [0, 0.1) is 6.92 Å². The van der Waals surface area contributed by atoms with Gasteiger partial charge in [-0.1, -0.05) is 24.3 Å². The third-order valence-electron chi connectivity index (χ3n) is 3.42. The zero-order valence-corrected chi connectivity index (χ0v) is 12.2. The summed E-state index contributed by atoms with van der Waals surface area (Å²) in [6.45, 7) is 3.31. The Morgan fingerprint density at radius 2 is 1.90 bits per heavy atom. The molecule has 1 N–H and O–H groups in total. The Bertz CT molecular complexity index is 584. The molecule has 2 aromatic rings.